The second-order valence-corrected chi connectivity index (χ2v) is 4.42. The summed E-state index contributed by atoms with van der Waals surface area (Å²) in [5.41, 5.74) is 8.62. The van der Waals surface area contributed by atoms with Gasteiger partial charge in [0, 0.05) is 5.56 Å². The molecule has 94 valence electrons. The van der Waals surface area contributed by atoms with Crippen molar-refractivity contribution in [3.63, 3.8) is 0 Å². The van der Waals surface area contributed by atoms with Crippen LogP contribution in [0.15, 0.2) is 36.4 Å². The molecule has 0 saturated carbocycles. The van der Waals surface area contributed by atoms with Gasteiger partial charge in [-0.05, 0) is 42.7 Å². The maximum absolute atomic E-state index is 13.7. The number of halogens is 2. The first-order chi connectivity index (χ1) is 8.52. The summed E-state index contributed by atoms with van der Waals surface area (Å²) in [4.78, 5) is 0. The van der Waals surface area contributed by atoms with Crippen LogP contribution in [-0.4, -0.2) is 0 Å². The van der Waals surface area contributed by atoms with Crippen LogP contribution in [0.25, 0.3) is 0 Å². The zero-order chi connectivity index (χ0) is 13.3. The van der Waals surface area contributed by atoms with Gasteiger partial charge in [-0.15, -0.1) is 0 Å². The molecule has 2 rings (SSSR count). The van der Waals surface area contributed by atoms with Gasteiger partial charge in [-0.25, -0.2) is 8.78 Å². The summed E-state index contributed by atoms with van der Waals surface area (Å²) in [6, 6.07) is 8.69. The zero-order valence-electron chi connectivity index (χ0n) is 10.4. The largest absolute Gasteiger partial charge is 0.320 e. The van der Waals surface area contributed by atoms with Gasteiger partial charge in [0.15, 0.2) is 0 Å². The van der Waals surface area contributed by atoms with Gasteiger partial charge >= 0.3 is 0 Å². The molecule has 0 fully saturated rings. The van der Waals surface area contributed by atoms with E-state index in [2.05, 4.69) is 0 Å². The molecular weight excluding hydrogens is 232 g/mol. The highest BCUT2D eigenvalue weighted by Gasteiger charge is 2.20. The third-order valence-electron chi connectivity index (χ3n) is 3.16. The Kier molecular flexibility index (Phi) is 3.43. The van der Waals surface area contributed by atoms with Crippen LogP contribution >= 0.6 is 0 Å². The average Bonchev–Trinajstić information content (AvgIpc) is 2.28. The molecule has 1 unspecified atom stereocenters. The van der Waals surface area contributed by atoms with Crippen molar-refractivity contribution in [2.75, 3.05) is 0 Å². The smallest absolute Gasteiger partial charge is 0.131 e. The lowest BCUT2D eigenvalue weighted by atomic mass is 9.91. The summed E-state index contributed by atoms with van der Waals surface area (Å²) in [5, 5.41) is 0. The Morgan fingerprint density at radius 1 is 0.833 bits per heavy atom. The normalized spacial score (nSPS) is 12.5. The minimum absolute atomic E-state index is 0.0742. The van der Waals surface area contributed by atoms with Crippen molar-refractivity contribution in [3.8, 4) is 0 Å². The molecule has 2 aromatic rings. The van der Waals surface area contributed by atoms with Gasteiger partial charge in [-0.2, -0.15) is 0 Å². The molecule has 0 aliphatic heterocycles. The maximum Gasteiger partial charge on any atom is 0.131 e. The number of rotatable bonds is 2. The van der Waals surface area contributed by atoms with Crippen molar-refractivity contribution < 1.29 is 8.78 Å². The maximum atomic E-state index is 13.7. The molecular formula is C15H15F2N. The van der Waals surface area contributed by atoms with Gasteiger partial charge in [0.25, 0.3) is 0 Å². The lowest BCUT2D eigenvalue weighted by Crippen LogP contribution is -2.18. The van der Waals surface area contributed by atoms with E-state index in [1.165, 1.54) is 18.2 Å². The van der Waals surface area contributed by atoms with Crippen molar-refractivity contribution in [2.24, 2.45) is 5.73 Å². The summed E-state index contributed by atoms with van der Waals surface area (Å²) < 4.78 is 27.5. The Morgan fingerprint density at radius 3 is 1.78 bits per heavy atom. The molecule has 0 aliphatic rings. The van der Waals surface area contributed by atoms with Crippen molar-refractivity contribution in [1.82, 2.24) is 0 Å². The topological polar surface area (TPSA) is 26.0 Å². The fourth-order valence-corrected chi connectivity index (χ4v) is 2.27. The van der Waals surface area contributed by atoms with E-state index in [1.807, 2.05) is 32.0 Å². The molecule has 2 N–H and O–H groups in total. The summed E-state index contributed by atoms with van der Waals surface area (Å²) >= 11 is 0. The summed E-state index contributed by atoms with van der Waals surface area (Å²) in [6.45, 7) is 3.78. The van der Waals surface area contributed by atoms with Gasteiger partial charge in [0.2, 0.25) is 0 Å². The molecule has 0 saturated heterocycles. The summed E-state index contributed by atoms with van der Waals surface area (Å²) in [7, 11) is 0. The number of hydrogen-bond donors (Lipinski definition) is 1. The zero-order valence-corrected chi connectivity index (χ0v) is 10.4. The van der Waals surface area contributed by atoms with E-state index in [4.69, 9.17) is 5.73 Å². The van der Waals surface area contributed by atoms with Crippen molar-refractivity contribution in [3.05, 3.63) is 70.3 Å². The van der Waals surface area contributed by atoms with Crippen LogP contribution < -0.4 is 5.73 Å². The van der Waals surface area contributed by atoms with Gasteiger partial charge in [-0.3, -0.25) is 0 Å². The summed E-state index contributed by atoms with van der Waals surface area (Å²) in [5.74, 6) is -1.21. The van der Waals surface area contributed by atoms with Crippen LogP contribution in [0.5, 0.6) is 0 Å². The molecule has 0 bridgehead atoms. The van der Waals surface area contributed by atoms with Crippen LogP contribution in [0.3, 0.4) is 0 Å². The second-order valence-electron chi connectivity index (χ2n) is 4.42. The number of benzene rings is 2. The predicted octanol–water partition coefficient (Wildman–Crippen LogP) is 3.63. The highest BCUT2D eigenvalue weighted by molar-refractivity contribution is 5.42. The first kappa shape index (κ1) is 12.7. The highest BCUT2D eigenvalue weighted by atomic mass is 19.1. The fourth-order valence-electron chi connectivity index (χ4n) is 2.27. The van der Waals surface area contributed by atoms with Crippen LogP contribution in [0.4, 0.5) is 8.78 Å². The van der Waals surface area contributed by atoms with Crippen LogP contribution in [0, 0.1) is 25.5 Å². The monoisotopic (exact) mass is 247 g/mol. The van der Waals surface area contributed by atoms with Crippen LogP contribution in [0.2, 0.25) is 0 Å². The number of nitrogens with two attached hydrogens (primary N) is 1. The van der Waals surface area contributed by atoms with E-state index in [1.54, 1.807) is 0 Å². The number of aryl methyl sites for hydroxylation is 2. The van der Waals surface area contributed by atoms with Crippen molar-refractivity contribution in [2.45, 2.75) is 19.9 Å². The molecule has 3 heteroatoms. The van der Waals surface area contributed by atoms with Gasteiger partial charge < -0.3 is 5.73 Å². The molecule has 0 radical (unpaired) electrons. The second kappa shape index (κ2) is 4.86. The highest BCUT2D eigenvalue weighted by Crippen LogP contribution is 2.29. The minimum Gasteiger partial charge on any atom is -0.320 e. The molecule has 0 heterocycles. The quantitative estimate of drug-likeness (QED) is 0.861. The van der Waals surface area contributed by atoms with E-state index in [-0.39, 0.29) is 5.56 Å². The molecule has 0 spiro atoms. The molecule has 1 atom stereocenters. The Balaban J connectivity index is 2.58. The fraction of sp³-hybridized carbons (Fsp3) is 0.200. The van der Waals surface area contributed by atoms with E-state index in [9.17, 15) is 8.78 Å². The van der Waals surface area contributed by atoms with Crippen LogP contribution in [-0.2, 0) is 0 Å². The predicted molar refractivity (Wildman–Crippen MR) is 68.3 cm³/mol. The van der Waals surface area contributed by atoms with Crippen molar-refractivity contribution in [1.29, 1.82) is 0 Å². The first-order valence-corrected chi connectivity index (χ1v) is 5.78. The Bertz CT molecular complexity index is 487. The SMILES string of the molecule is Cc1cccc(C)c1C(N)c1c(F)cccc1F. The molecule has 1 nitrogen and oxygen atoms in total. The molecule has 0 aliphatic carbocycles. The van der Waals surface area contributed by atoms with Crippen LogP contribution in [0.1, 0.15) is 28.3 Å². The van der Waals surface area contributed by atoms with E-state index >= 15 is 0 Å². The Labute approximate surface area is 105 Å². The standard InChI is InChI=1S/C15H15F2N/c1-9-5-3-6-10(2)13(9)15(18)14-11(16)7-4-8-12(14)17/h3-8,15H,18H2,1-2H3. The van der Waals surface area contributed by atoms with Gasteiger partial charge in [0.1, 0.15) is 11.6 Å². The molecule has 2 aromatic carbocycles. The Hall–Kier alpha value is -1.74. The van der Waals surface area contributed by atoms with E-state index in [0.717, 1.165) is 16.7 Å². The summed E-state index contributed by atoms with van der Waals surface area (Å²) in [6.07, 6.45) is 0. The molecule has 18 heavy (non-hydrogen) atoms. The van der Waals surface area contributed by atoms with Crippen molar-refractivity contribution >= 4 is 0 Å². The third-order valence-corrected chi connectivity index (χ3v) is 3.16. The average molecular weight is 247 g/mol. The van der Waals surface area contributed by atoms with E-state index in [0.29, 0.717) is 0 Å². The lowest BCUT2D eigenvalue weighted by molar-refractivity contribution is 0.542. The molecule has 0 aromatic heterocycles. The first-order valence-electron chi connectivity index (χ1n) is 5.78. The van der Waals surface area contributed by atoms with Gasteiger partial charge in [-0.1, -0.05) is 24.3 Å². The van der Waals surface area contributed by atoms with Gasteiger partial charge in [0.05, 0.1) is 6.04 Å². The molecule has 0 amide bonds. The number of hydrogen-bond acceptors (Lipinski definition) is 1. The Morgan fingerprint density at radius 2 is 1.28 bits per heavy atom. The lowest BCUT2D eigenvalue weighted by Gasteiger charge is -2.19. The third kappa shape index (κ3) is 2.14. The minimum atomic E-state index is -0.785. The van der Waals surface area contributed by atoms with E-state index < -0.39 is 17.7 Å².